The average molecular weight is 1000 g/mol. The largest absolute Gasteiger partial charge is 0.481 e. The first-order valence-electron chi connectivity index (χ1n) is 24.2. The first-order chi connectivity index (χ1) is 32.8. The molecule has 0 radical (unpaired) electrons. The number of amides is 5. The molecule has 0 rings (SSSR count). The van der Waals surface area contributed by atoms with Crippen molar-refractivity contribution in [1.29, 1.82) is 0 Å². The second kappa shape index (κ2) is 35.9. The lowest BCUT2D eigenvalue weighted by molar-refractivity contribution is -0.144. The fourth-order valence-electron chi connectivity index (χ4n) is 7.05. The Labute approximate surface area is 408 Å². The molecule has 23 heteroatoms. The van der Waals surface area contributed by atoms with Crippen LogP contribution in [0.5, 0.6) is 0 Å². The lowest BCUT2D eigenvalue weighted by Gasteiger charge is -2.20. The summed E-state index contributed by atoms with van der Waals surface area (Å²) in [5, 5.41) is 67.6. The molecule has 0 aromatic carbocycles. The Balaban J connectivity index is 4.71. The molecule has 0 spiro atoms. The molecule has 0 aliphatic rings. The van der Waals surface area contributed by atoms with Gasteiger partial charge in [-0.25, -0.2) is 24.0 Å². The minimum absolute atomic E-state index is 0.0855. The van der Waals surface area contributed by atoms with Crippen molar-refractivity contribution >= 4 is 71.1 Å². The van der Waals surface area contributed by atoms with Gasteiger partial charge in [0.2, 0.25) is 29.5 Å². The molecule has 0 aliphatic heterocycles. The van der Waals surface area contributed by atoms with Crippen LogP contribution in [0.3, 0.4) is 0 Å². The minimum atomic E-state index is -1.69. The van der Waals surface area contributed by atoms with Crippen molar-refractivity contribution in [2.75, 3.05) is 0 Å². The van der Waals surface area contributed by atoms with Gasteiger partial charge in [-0.1, -0.05) is 97.8 Å². The van der Waals surface area contributed by atoms with Gasteiger partial charge in [0.05, 0.1) is 0 Å². The topological polar surface area (TPSA) is 386 Å². The summed E-state index contributed by atoms with van der Waals surface area (Å²) in [5.41, 5.74) is -0.731. The van der Waals surface area contributed by atoms with Crippen molar-refractivity contribution in [3.8, 4) is 0 Å². The number of carboxylic acid groups (broad SMARTS) is 6. The average Bonchev–Trinajstić information content (AvgIpc) is 3.26. The van der Waals surface area contributed by atoms with Gasteiger partial charge in [-0.2, -0.15) is 0 Å². The molecule has 23 nitrogen and oxygen atoms in total. The Morgan fingerprint density at radius 2 is 0.500 bits per heavy atom. The third-order valence-electron chi connectivity index (χ3n) is 11.3. The molecular weight excluding hydrogens is 923 g/mol. The van der Waals surface area contributed by atoms with Crippen LogP contribution in [-0.4, -0.2) is 132 Å². The van der Waals surface area contributed by atoms with E-state index in [1.807, 2.05) is 0 Å². The van der Waals surface area contributed by atoms with Crippen LogP contribution in [0.25, 0.3) is 0 Å². The zero-order chi connectivity index (χ0) is 53.2. The van der Waals surface area contributed by atoms with Crippen molar-refractivity contribution in [2.24, 2.45) is 5.41 Å². The Morgan fingerprint density at radius 3 is 0.714 bits per heavy atom. The summed E-state index contributed by atoms with van der Waals surface area (Å²) in [6.07, 6.45) is 9.77. The summed E-state index contributed by atoms with van der Waals surface area (Å²) in [4.78, 5) is 144. The molecule has 0 saturated carbocycles. The first kappa shape index (κ1) is 63.8. The van der Waals surface area contributed by atoms with Gasteiger partial charge in [0.1, 0.15) is 36.0 Å². The molecule has 0 aromatic heterocycles. The zero-order valence-electron chi connectivity index (χ0n) is 40.9. The van der Waals surface area contributed by atoms with Crippen LogP contribution in [0.2, 0.25) is 0 Å². The second-order valence-electron chi connectivity index (χ2n) is 18.5. The van der Waals surface area contributed by atoms with Crippen molar-refractivity contribution < 1.29 is 88.2 Å². The van der Waals surface area contributed by atoms with Crippen LogP contribution in [0, 0.1) is 5.41 Å². The van der Waals surface area contributed by atoms with Crippen LogP contribution in [0.1, 0.15) is 188 Å². The highest BCUT2D eigenvalue weighted by atomic mass is 16.4. The van der Waals surface area contributed by atoms with Gasteiger partial charge < -0.3 is 57.2 Å². The molecule has 0 saturated heterocycles. The van der Waals surface area contributed by atoms with Gasteiger partial charge in [0.25, 0.3) is 0 Å². The van der Waals surface area contributed by atoms with Gasteiger partial charge >= 0.3 is 35.8 Å². The SMILES string of the molecule is CC(C)(C)C(=O)CC[C@H](NC(=O)CC[C@H](NC(=O)CC[C@H](NC(=O)CC[C@H](NC(=O)CC[C@H](NC(=O)CCCCCCCCCCCCCCCCC(=O)O)C(=O)O)C(=O)O)C(=O)O)C(=O)O)C(=O)O. The number of rotatable bonds is 42. The molecule has 70 heavy (non-hydrogen) atoms. The monoisotopic (exact) mass is 1000 g/mol. The molecular formula is C47H77N5O18. The normalized spacial score (nSPS) is 13.3. The van der Waals surface area contributed by atoms with Crippen molar-refractivity contribution in [1.82, 2.24) is 26.6 Å². The van der Waals surface area contributed by atoms with Gasteiger partial charge in [-0.3, -0.25) is 33.6 Å². The highest BCUT2D eigenvalue weighted by Gasteiger charge is 2.29. The fourth-order valence-corrected chi connectivity index (χ4v) is 7.05. The van der Waals surface area contributed by atoms with Crippen LogP contribution in [0.15, 0.2) is 0 Å². The molecule has 0 fully saturated rings. The fraction of sp³-hybridized carbons (Fsp3) is 0.745. The van der Waals surface area contributed by atoms with Gasteiger partial charge in [-0.05, 0) is 44.9 Å². The summed E-state index contributed by atoms with van der Waals surface area (Å²) >= 11 is 0. The lowest BCUT2D eigenvalue weighted by Crippen LogP contribution is -2.46. The number of carbonyl (C=O) groups excluding carboxylic acids is 6. The molecule has 5 atom stereocenters. The quantitative estimate of drug-likeness (QED) is 0.0389. The smallest absolute Gasteiger partial charge is 0.326 e. The molecule has 0 heterocycles. The summed E-state index contributed by atoms with van der Waals surface area (Å²) in [6.45, 7) is 4.96. The van der Waals surface area contributed by atoms with Crippen LogP contribution in [0.4, 0.5) is 0 Å². The number of nitrogens with one attached hydrogen (secondary N) is 5. The number of carboxylic acids is 6. The standard InChI is InChI=1S/C47H77N5O18/c1-47(2,3)35(53)25-20-30(42(61)62)49-37(55)27-22-32(44(65)66)51-39(57)29-24-34(46(69)70)52-40(58)28-23-33(45(67)68)50-38(56)26-21-31(43(63)64)48-36(54)18-16-14-12-10-8-6-4-5-7-9-11-13-15-17-19-41(59)60/h30-34H,4-29H2,1-3H3,(H,48,54)(H,49,55)(H,50,56)(H,51,57)(H,52,58)(H,59,60)(H,61,62)(H,63,64)(H,65,66)(H,67,68)(H,69,70)/t30-,31-,32-,33-,34-/m0/s1. The zero-order valence-corrected chi connectivity index (χ0v) is 40.9. The molecule has 0 bridgehead atoms. The van der Waals surface area contributed by atoms with E-state index in [-0.39, 0.29) is 37.9 Å². The number of unbranched alkanes of at least 4 members (excludes halogenated alkanes) is 13. The molecule has 398 valence electrons. The van der Waals surface area contributed by atoms with E-state index < -0.39 is 146 Å². The Hall–Kier alpha value is -6.16. The number of hydrogen-bond donors (Lipinski definition) is 11. The third-order valence-corrected chi connectivity index (χ3v) is 11.3. The van der Waals surface area contributed by atoms with E-state index in [0.717, 1.165) is 77.0 Å². The maximum Gasteiger partial charge on any atom is 0.326 e. The Kier molecular flexibility index (Phi) is 32.7. The maximum absolute atomic E-state index is 12.6. The number of carbonyl (C=O) groups is 12. The summed E-state index contributed by atoms with van der Waals surface area (Å²) in [5.74, 6) is -12.7. The molecule has 0 aromatic rings. The number of aliphatic carboxylic acids is 6. The van der Waals surface area contributed by atoms with E-state index in [2.05, 4.69) is 26.6 Å². The summed E-state index contributed by atoms with van der Waals surface area (Å²) in [7, 11) is 0. The van der Waals surface area contributed by atoms with E-state index in [1.54, 1.807) is 20.8 Å². The Bertz CT molecular complexity index is 1750. The molecule has 0 unspecified atom stereocenters. The predicted molar refractivity (Wildman–Crippen MR) is 250 cm³/mol. The van der Waals surface area contributed by atoms with Crippen LogP contribution < -0.4 is 26.6 Å². The molecule has 11 N–H and O–H groups in total. The van der Waals surface area contributed by atoms with E-state index in [1.165, 1.54) is 6.42 Å². The number of hydrogen-bond acceptors (Lipinski definition) is 12. The second-order valence-corrected chi connectivity index (χ2v) is 18.5. The Morgan fingerprint density at radius 1 is 0.300 bits per heavy atom. The van der Waals surface area contributed by atoms with Crippen LogP contribution in [-0.2, 0) is 57.5 Å². The van der Waals surface area contributed by atoms with E-state index in [0.29, 0.717) is 6.42 Å². The van der Waals surface area contributed by atoms with Crippen molar-refractivity contribution in [3.05, 3.63) is 0 Å². The summed E-state index contributed by atoms with van der Waals surface area (Å²) < 4.78 is 0. The summed E-state index contributed by atoms with van der Waals surface area (Å²) in [6, 6.07) is -7.84. The van der Waals surface area contributed by atoms with Crippen LogP contribution >= 0.6 is 0 Å². The highest BCUT2D eigenvalue weighted by Crippen LogP contribution is 2.19. The minimum Gasteiger partial charge on any atom is -0.481 e. The first-order valence-corrected chi connectivity index (χ1v) is 24.2. The van der Waals surface area contributed by atoms with Crippen molar-refractivity contribution in [3.63, 3.8) is 0 Å². The third kappa shape index (κ3) is 32.6. The number of Topliss-reactive ketones (excluding diaryl/α,β-unsaturated/α-hetero) is 1. The molecule has 5 amide bonds. The number of ketones is 1. The highest BCUT2D eigenvalue weighted by molar-refractivity contribution is 5.89. The van der Waals surface area contributed by atoms with E-state index in [4.69, 9.17) is 5.11 Å². The van der Waals surface area contributed by atoms with Gasteiger partial charge in [-0.15, -0.1) is 0 Å². The molecule has 0 aliphatic carbocycles. The lowest BCUT2D eigenvalue weighted by atomic mass is 9.87. The van der Waals surface area contributed by atoms with Crippen molar-refractivity contribution in [2.45, 2.75) is 218 Å². The van der Waals surface area contributed by atoms with E-state index >= 15 is 0 Å². The van der Waals surface area contributed by atoms with E-state index in [9.17, 15) is 83.1 Å². The van der Waals surface area contributed by atoms with Gasteiger partial charge in [0.15, 0.2) is 0 Å². The predicted octanol–water partition coefficient (Wildman–Crippen LogP) is 3.68. The maximum atomic E-state index is 12.6. The van der Waals surface area contributed by atoms with Gasteiger partial charge in [0, 0.05) is 50.4 Å².